The van der Waals surface area contributed by atoms with Gasteiger partial charge in [0.1, 0.15) is 18.2 Å². The van der Waals surface area contributed by atoms with Gasteiger partial charge in [0.15, 0.2) is 0 Å². The van der Waals surface area contributed by atoms with Gasteiger partial charge in [-0.2, -0.15) is 0 Å². The van der Waals surface area contributed by atoms with Crippen LogP contribution in [0.3, 0.4) is 0 Å². The molecule has 44 heavy (non-hydrogen) atoms. The van der Waals surface area contributed by atoms with Gasteiger partial charge in [-0.25, -0.2) is 18.0 Å². The third-order valence-electron chi connectivity index (χ3n) is 7.46. The Bertz CT molecular complexity index is 1580. The zero-order valence-corrected chi connectivity index (χ0v) is 24.0. The van der Waals surface area contributed by atoms with Gasteiger partial charge < -0.3 is 26.0 Å². The summed E-state index contributed by atoms with van der Waals surface area (Å²) in [6.07, 6.45) is -0.656. The number of urea groups is 1. The van der Waals surface area contributed by atoms with Crippen LogP contribution in [0.2, 0.25) is 0 Å². The van der Waals surface area contributed by atoms with Crippen LogP contribution in [0.5, 0.6) is 5.75 Å². The molecule has 0 aliphatic carbocycles. The number of amides is 3. The van der Waals surface area contributed by atoms with Crippen LogP contribution in [0, 0.1) is 5.82 Å². The molecule has 5 rings (SSSR count). The maximum Gasteiger partial charge on any atom is 0.315 e. The van der Waals surface area contributed by atoms with Gasteiger partial charge in [-0.3, -0.25) is 4.79 Å². The van der Waals surface area contributed by atoms with E-state index in [1.165, 1.54) is 17.0 Å². The van der Waals surface area contributed by atoms with Crippen molar-refractivity contribution < 1.29 is 27.5 Å². The largest absolute Gasteiger partial charge is 0.491 e. The number of hydrogen-bond donors (Lipinski definition) is 3. The molecule has 10 heteroatoms. The zero-order valence-electron chi connectivity index (χ0n) is 24.0. The number of rotatable bonds is 9. The number of anilines is 1. The van der Waals surface area contributed by atoms with Crippen LogP contribution >= 0.6 is 0 Å². The number of halogens is 3. The summed E-state index contributed by atoms with van der Waals surface area (Å²) in [6, 6.07) is 25.5. The predicted octanol–water partition coefficient (Wildman–Crippen LogP) is 6.49. The molecule has 4 N–H and O–H groups in total. The molecule has 4 aromatic carbocycles. The summed E-state index contributed by atoms with van der Waals surface area (Å²) in [5.41, 5.74) is 10.8. The lowest BCUT2D eigenvalue weighted by atomic mass is 9.97. The van der Waals surface area contributed by atoms with E-state index in [1.54, 1.807) is 36.4 Å². The number of likely N-dealkylation sites (tertiary alicyclic amines) is 1. The van der Waals surface area contributed by atoms with Crippen LogP contribution in [0.1, 0.15) is 28.8 Å². The highest BCUT2D eigenvalue weighted by Gasteiger charge is 2.35. The number of nitrogens with two attached hydrogens (primary N) is 1. The fourth-order valence-electron chi connectivity index (χ4n) is 4.92. The van der Waals surface area contributed by atoms with Crippen molar-refractivity contribution in [3.8, 4) is 28.0 Å². The van der Waals surface area contributed by atoms with Gasteiger partial charge in [-0.1, -0.05) is 42.5 Å². The molecule has 0 unspecified atom stereocenters. The first-order valence-corrected chi connectivity index (χ1v) is 14.3. The number of hydrogen-bond acceptors (Lipinski definition) is 4. The van der Waals surface area contributed by atoms with Crippen molar-refractivity contribution in [1.82, 2.24) is 15.5 Å². The van der Waals surface area contributed by atoms with Gasteiger partial charge in [-0.05, 0) is 70.8 Å². The number of benzene rings is 4. The second kappa shape index (κ2) is 13.5. The van der Waals surface area contributed by atoms with Crippen molar-refractivity contribution in [1.29, 1.82) is 0 Å². The van der Waals surface area contributed by atoms with Crippen LogP contribution < -0.4 is 21.1 Å². The Morgan fingerprint density at radius 1 is 0.818 bits per heavy atom. The van der Waals surface area contributed by atoms with Crippen LogP contribution in [-0.2, 0) is 6.54 Å². The molecule has 228 valence electrons. The van der Waals surface area contributed by atoms with E-state index < -0.39 is 5.92 Å². The molecule has 1 heterocycles. The molecule has 0 atom stereocenters. The maximum absolute atomic E-state index is 13.7. The van der Waals surface area contributed by atoms with E-state index in [2.05, 4.69) is 10.6 Å². The number of piperidine rings is 1. The smallest absolute Gasteiger partial charge is 0.315 e. The van der Waals surface area contributed by atoms with E-state index in [0.29, 0.717) is 23.5 Å². The van der Waals surface area contributed by atoms with E-state index in [1.807, 2.05) is 42.5 Å². The van der Waals surface area contributed by atoms with Gasteiger partial charge >= 0.3 is 6.03 Å². The number of nitrogens with zero attached hydrogens (tertiary/aromatic N) is 1. The maximum atomic E-state index is 13.7. The molecule has 0 bridgehead atoms. The standard InChI is InChI=1S/C34H33F3N4O3/c35-28-10-7-25(8-11-28)30-21-27(24-3-5-26(6-4-24)32(42)41-18-15-34(36,37)16-19-41)9-14-31(30)44-20-17-39-33(43)40-22-23-1-12-29(38)13-2-23/h1-14,21H,15-20,22,38H2,(H2,39,40,43). The Hall–Kier alpha value is -4.99. The Morgan fingerprint density at radius 2 is 1.45 bits per heavy atom. The number of alkyl halides is 2. The Labute approximate surface area is 253 Å². The van der Waals surface area contributed by atoms with Gasteiger partial charge in [-0.15, -0.1) is 0 Å². The topological polar surface area (TPSA) is 96.7 Å². The first kappa shape index (κ1) is 30.5. The Kier molecular flexibility index (Phi) is 9.38. The van der Waals surface area contributed by atoms with Crippen LogP contribution in [-0.4, -0.2) is 49.0 Å². The van der Waals surface area contributed by atoms with Crippen molar-refractivity contribution in [3.05, 3.63) is 108 Å². The van der Waals surface area contributed by atoms with Crippen molar-refractivity contribution in [2.45, 2.75) is 25.3 Å². The molecule has 0 spiro atoms. The first-order valence-electron chi connectivity index (χ1n) is 14.3. The minimum absolute atomic E-state index is 0.0277. The molecular formula is C34H33F3N4O3. The summed E-state index contributed by atoms with van der Waals surface area (Å²) in [7, 11) is 0. The van der Waals surface area contributed by atoms with E-state index >= 15 is 0 Å². The fourth-order valence-corrected chi connectivity index (χ4v) is 4.92. The third kappa shape index (κ3) is 7.89. The minimum Gasteiger partial charge on any atom is -0.491 e. The number of carbonyl (C=O) groups excluding carboxylic acids is 2. The van der Waals surface area contributed by atoms with Crippen LogP contribution in [0.4, 0.5) is 23.7 Å². The number of nitrogens with one attached hydrogen (secondary N) is 2. The van der Waals surface area contributed by atoms with E-state index in [-0.39, 0.29) is 56.8 Å². The molecule has 0 aromatic heterocycles. The lowest BCUT2D eigenvalue weighted by Crippen LogP contribution is -2.42. The summed E-state index contributed by atoms with van der Waals surface area (Å²) in [5, 5.41) is 5.55. The van der Waals surface area contributed by atoms with Gasteiger partial charge in [0, 0.05) is 49.3 Å². The van der Waals surface area contributed by atoms with Crippen molar-refractivity contribution in [3.63, 3.8) is 0 Å². The SMILES string of the molecule is Nc1ccc(CNC(=O)NCCOc2ccc(-c3ccc(C(=O)N4CCC(F)(F)CC4)cc3)cc2-c2ccc(F)cc2)cc1. The average Bonchev–Trinajstić information content (AvgIpc) is 3.03. The van der Waals surface area contributed by atoms with Crippen LogP contribution in [0.25, 0.3) is 22.3 Å². The quantitative estimate of drug-likeness (QED) is 0.151. The molecule has 4 aromatic rings. The summed E-state index contributed by atoms with van der Waals surface area (Å²) in [5.74, 6) is -2.80. The molecule has 7 nitrogen and oxygen atoms in total. The van der Waals surface area contributed by atoms with Crippen molar-refractivity contribution >= 4 is 17.6 Å². The van der Waals surface area contributed by atoms with Gasteiger partial charge in [0.05, 0.1) is 6.54 Å². The highest BCUT2D eigenvalue weighted by molar-refractivity contribution is 5.95. The monoisotopic (exact) mass is 602 g/mol. The van der Waals surface area contributed by atoms with Crippen LogP contribution in [0.15, 0.2) is 91.0 Å². The van der Waals surface area contributed by atoms with E-state index in [9.17, 15) is 22.8 Å². The lowest BCUT2D eigenvalue weighted by Gasteiger charge is -2.31. The second-order valence-corrected chi connectivity index (χ2v) is 10.6. The van der Waals surface area contributed by atoms with E-state index in [4.69, 9.17) is 10.5 Å². The Balaban J connectivity index is 1.23. The molecule has 1 aliphatic heterocycles. The zero-order chi connectivity index (χ0) is 31.1. The van der Waals surface area contributed by atoms with Crippen molar-refractivity contribution in [2.24, 2.45) is 0 Å². The summed E-state index contributed by atoms with van der Waals surface area (Å²) in [4.78, 5) is 26.5. The molecule has 0 radical (unpaired) electrons. The first-order chi connectivity index (χ1) is 21.2. The number of nitrogen functional groups attached to an aromatic ring is 1. The highest BCUT2D eigenvalue weighted by Crippen LogP contribution is 2.35. The summed E-state index contributed by atoms with van der Waals surface area (Å²) < 4.78 is 46.7. The molecule has 1 fully saturated rings. The van der Waals surface area contributed by atoms with E-state index in [0.717, 1.165) is 27.8 Å². The molecular weight excluding hydrogens is 569 g/mol. The lowest BCUT2D eigenvalue weighted by molar-refractivity contribution is -0.0494. The predicted molar refractivity (Wildman–Crippen MR) is 164 cm³/mol. The summed E-state index contributed by atoms with van der Waals surface area (Å²) in [6.45, 7) is 0.861. The van der Waals surface area contributed by atoms with Gasteiger partial charge in [0.25, 0.3) is 11.8 Å². The number of ether oxygens (including phenoxy) is 1. The summed E-state index contributed by atoms with van der Waals surface area (Å²) >= 11 is 0. The normalized spacial score (nSPS) is 14.1. The minimum atomic E-state index is -2.72. The molecule has 1 aliphatic rings. The molecule has 1 saturated heterocycles. The van der Waals surface area contributed by atoms with Gasteiger partial charge in [0.2, 0.25) is 0 Å². The molecule has 0 saturated carbocycles. The number of carbonyl (C=O) groups is 2. The third-order valence-corrected chi connectivity index (χ3v) is 7.46. The second-order valence-electron chi connectivity index (χ2n) is 10.6. The average molecular weight is 603 g/mol. The Morgan fingerprint density at radius 3 is 2.14 bits per heavy atom. The van der Waals surface area contributed by atoms with Crippen molar-refractivity contribution in [2.75, 3.05) is 32.0 Å². The highest BCUT2D eigenvalue weighted by atomic mass is 19.3. The fraction of sp³-hybridized carbons (Fsp3) is 0.235. The molecule has 3 amide bonds.